The lowest BCUT2D eigenvalue weighted by atomic mass is 10.1. The van der Waals surface area contributed by atoms with E-state index in [4.69, 9.17) is 5.73 Å². The second-order valence-electron chi connectivity index (χ2n) is 4.36. The van der Waals surface area contributed by atoms with Crippen LogP contribution in [-0.4, -0.2) is 43.9 Å². The van der Waals surface area contributed by atoms with Gasteiger partial charge in [-0.15, -0.1) is 11.8 Å². The van der Waals surface area contributed by atoms with Crippen LogP contribution in [0.25, 0.3) is 0 Å². The van der Waals surface area contributed by atoms with Gasteiger partial charge in [0.25, 0.3) is 5.91 Å². The van der Waals surface area contributed by atoms with E-state index < -0.39 is 11.7 Å². The van der Waals surface area contributed by atoms with E-state index in [1.807, 2.05) is 19.0 Å². The van der Waals surface area contributed by atoms with Crippen LogP contribution in [0.3, 0.4) is 0 Å². The summed E-state index contributed by atoms with van der Waals surface area (Å²) in [7, 11) is 5.40. The Balaban J connectivity index is 2.71. The molecule has 0 aliphatic carbocycles. The Bertz CT molecular complexity index is 440. The molecular weight excluding hydrogens is 265 g/mol. The number of nitrogens with two attached hydrogens (primary N) is 1. The van der Waals surface area contributed by atoms with E-state index in [9.17, 15) is 9.18 Å². The molecule has 1 amide bonds. The number of halogens is 1. The van der Waals surface area contributed by atoms with Crippen LogP contribution < -0.4 is 11.1 Å². The fourth-order valence-corrected chi connectivity index (χ4v) is 2.59. The van der Waals surface area contributed by atoms with Gasteiger partial charge in [0.2, 0.25) is 0 Å². The van der Waals surface area contributed by atoms with Gasteiger partial charge in [0.15, 0.2) is 0 Å². The zero-order chi connectivity index (χ0) is 14.4. The molecule has 19 heavy (non-hydrogen) atoms. The van der Waals surface area contributed by atoms with Gasteiger partial charge in [-0.3, -0.25) is 9.69 Å². The van der Waals surface area contributed by atoms with Crippen LogP contribution in [-0.2, 0) is 5.75 Å². The van der Waals surface area contributed by atoms with E-state index in [2.05, 4.69) is 5.32 Å². The highest BCUT2D eigenvalue weighted by molar-refractivity contribution is 7.99. The van der Waals surface area contributed by atoms with Gasteiger partial charge < -0.3 is 11.1 Å². The minimum atomic E-state index is -0.494. The van der Waals surface area contributed by atoms with Crippen molar-refractivity contribution in [3.8, 4) is 0 Å². The standard InChI is InChI=1S/C13H20FN3OS/c1-16-13(18)10-5-4-9(6-11(10)14)8-19-12(7-15)17(2)3/h4-6,12H,7-8,15H2,1-3H3,(H,16,18)/t12-/m0/s1. The van der Waals surface area contributed by atoms with Crippen LogP contribution in [0.1, 0.15) is 15.9 Å². The topological polar surface area (TPSA) is 58.4 Å². The Morgan fingerprint density at radius 1 is 1.53 bits per heavy atom. The third-order valence-electron chi connectivity index (χ3n) is 2.73. The van der Waals surface area contributed by atoms with Crippen LogP contribution in [0.15, 0.2) is 18.2 Å². The quantitative estimate of drug-likeness (QED) is 0.773. The van der Waals surface area contributed by atoms with Crippen LogP contribution >= 0.6 is 11.8 Å². The zero-order valence-electron chi connectivity index (χ0n) is 11.4. The summed E-state index contributed by atoms with van der Waals surface area (Å²) in [6.07, 6.45) is 0. The van der Waals surface area contributed by atoms with E-state index in [1.165, 1.54) is 19.2 Å². The fraction of sp³-hybridized carbons (Fsp3) is 0.462. The maximum absolute atomic E-state index is 13.7. The Kier molecular flexibility index (Phi) is 6.27. The number of nitrogens with one attached hydrogen (secondary N) is 1. The smallest absolute Gasteiger partial charge is 0.253 e. The van der Waals surface area contributed by atoms with E-state index in [-0.39, 0.29) is 10.9 Å². The molecule has 0 unspecified atom stereocenters. The number of likely N-dealkylation sites (N-methyl/N-ethyl adjacent to an activating group) is 1. The van der Waals surface area contributed by atoms with E-state index >= 15 is 0 Å². The molecule has 6 heteroatoms. The van der Waals surface area contributed by atoms with Crippen LogP contribution in [0.4, 0.5) is 4.39 Å². The van der Waals surface area contributed by atoms with Crippen LogP contribution in [0.5, 0.6) is 0 Å². The summed E-state index contributed by atoms with van der Waals surface area (Å²) in [6, 6.07) is 4.68. The Morgan fingerprint density at radius 2 is 2.21 bits per heavy atom. The number of hydrogen-bond donors (Lipinski definition) is 2. The van der Waals surface area contributed by atoms with Gasteiger partial charge in [0, 0.05) is 19.3 Å². The third kappa shape index (κ3) is 4.49. The van der Waals surface area contributed by atoms with E-state index in [0.717, 1.165) is 5.56 Å². The molecule has 0 spiro atoms. The Labute approximate surface area is 117 Å². The number of carbonyl (C=O) groups is 1. The van der Waals surface area contributed by atoms with Crippen molar-refractivity contribution in [3.05, 3.63) is 35.1 Å². The maximum atomic E-state index is 13.7. The minimum absolute atomic E-state index is 0.0687. The zero-order valence-corrected chi connectivity index (χ0v) is 12.3. The molecule has 0 aromatic heterocycles. The molecule has 3 N–H and O–H groups in total. The Hall–Kier alpha value is -1.11. The average molecular weight is 285 g/mol. The summed E-state index contributed by atoms with van der Waals surface area (Å²) in [5.41, 5.74) is 6.57. The first-order valence-electron chi connectivity index (χ1n) is 5.98. The van der Waals surface area contributed by atoms with Gasteiger partial charge in [0.05, 0.1) is 10.9 Å². The van der Waals surface area contributed by atoms with Crippen molar-refractivity contribution in [3.63, 3.8) is 0 Å². The SMILES string of the molecule is CNC(=O)c1ccc(CS[C@@H](CN)N(C)C)cc1F. The average Bonchev–Trinajstić information content (AvgIpc) is 2.38. The van der Waals surface area contributed by atoms with Crippen molar-refractivity contribution in [2.75, 3.05) is 27.7 Å². The first-order chi connectivity index (χ1) is 8.99. The van der Waals surface area contributed by atoms with Gasteiger partial charge >= 0.3 is 0 Å². The Morgan fingerprint density at radius 3 is 2.68 bits per heavy atom. The number of thioether (sulfide) groups is 1. The molecule has 0 radical (unpaired) electrons. The predicted octanol–water partition coefficient (Wildman–Crippen LogP) is 1.26. The van der Waals surface area contributed by atoms with Crippen molar-refractivity contribution >= 4 is 17.7 Å². The largest absolute Gasteiger partial charge is 0.355 e. The molecule has 0 aliphatic rings. The second kappa shape index (κ2) is 7.47. The van der Waals surface area contributed by atoms with E-state index in [1.54, 1.807) is 17.8 Å². The molecule has 1 atom stereocenters. The molecule has 0 saturated carbocycles. The molecule has 0 aliphatic heterocycles. The second-order valence-corrected chi connectivity index (χ2v) is 5.52. The number of rotatable bonds is 6. The lowest BCUT2D eigenvalue weighted by Crippen LogP contribution is -2.32. The highest BCUT2D eigenvalue weighted by Crippen LogP contribution is 2.20. The maximum Gasteiger partial charge on any atom is 0.253 e. The lowest BCUT2D eigenvalue weighted by molar-refractivity contribution is 0.0959. The van der Waals surface area contributed by atoms with Crippen molar-refractivity contribution in [2.45, 2.75) is 11.1 Å². The van der Waals surface area contributed by atoms with E-state index in [0.29, 0.717) is 12.3 Å². The van der Waals surface area contributed by atoms with Crippen molar-refractivity contribution < 1.29 is 9.18 Å². The molecule has 1 aromatic rings. The lowest BCUT2D eigenvalue weighted by Gasteiger charge is -2.21. The van der Waals surface area contributed by atoms with Gasteiger partial charge in [0.1, 0.15) is 5.82 Å². The molecule has 0 saturated heterocycles. The van der Waals surface area contributed by atoms with Gasteiger partial charge in [-0.2, -0.15) is 0 Å². The highest BCUT2D eigenvalue weighted by atomic mass is 32.2. The predicted molar refractivity (Wildman–Crippen MR) is 77.6 cm³/mol. The molecule has 1 rings (SSSR count). The molecule has 4 nitrogen and oxygen atoms in total. The first-order valence-corrected chi connectivity index (χ1v) is 7.03. The summed E-state index contributed by atoms with van der Waals surface area (Å²) in [5.74, 6) is -0.248. The van der Waals surface area contributed by atoms with Gasteiger partial charge in [-0.05, 0) is 31.8 Å². The summed E-state index contributed by atoms with van der Waals surface area (Å²) < 4.78 is 13.7. The van der Waals surface area contributed by atoms with Crippen LogP contribution in [0.2, 0.25) is 0 Å². The molecule has 1 aromatic carbocycles. The molecule has 106 valence electrons. The number of carbonyl (C=O) groups excluding carboxylic acids is 1. The van der Waals surface area contributed by atoms with Gasteiger partial charge in [-0.25, -0.2) is 4.39 Å². The number of hydrogen-bond acceptors (Lipinski definition) is 4. The summed E-state index contributed by atoms with van der Waals surface area (Å²) >= 11 is 1.65. The van der Waals surface area contributed by atoms with Crippen molar-refractivity contribution in [1.29, 1.82) is 0 Å². The first kappa shape index (κ1) is 15.9. The summed E-state index contributed by atoms with van der Waals surface area (Å²) in [5, 5.41) is 2.60. The summed E-state index contributed by atoms with van der Waals surface area (Å²) in [4.78, 5) is 13.4. The molecular formula is C13H20FN3OS. The minimum Gasteiger partial charge on any atom is -0.355 e. The summed E-state index contributed by atoms with van der Waals surface area (Å²) in [6.45, 7) is 0.538. The molecule has 0 bridgehead atoms. The van der Waals surface area contributed by atoms with Crippen molar-refractivity contribution in [2.24, 2.45) is 5.73 Å². The normalized spacial score (nSPS) is 12.5. The number of nitrogens with zero attached hydrogens (tertiary/aromatic N) is 1. The highest BCUT2D eigenvalue weighted by Gasteiger charge is 2.13. The van der Waals surface area contributed by atoms with Crippen LogP contribution in [0, 0.1) is 5.82 Å². The molecule has 0 heterocycles. The third-order valence-corrected chi connectivity index (χ3v) is 4.22. The molecule has 0 fully saturated rings. The number of benzene rings is 1. The van der Waals surface area contributed by atoms with Crippen molar-refractivity contribution in [1.82, 2.24) is 10.2 Å². The van der Waals surface area contributed by atoms with Gasteiger partial charge in [-0.1, -0.05) is 6.07 Å². The fourth-order valence-electron chi connectivity index (χ4n) is 1.59. The number of amides is 1. The monoisotopic (exact) mass is 285 g/mol.